The molecule has 104 valence electrons. The number of carboxylic acids is 1. The largest absolute Gasteiger partial charge is 0.508 e. The molecule has 0 aromatic heterocycles. The number of aryl methyl sites for hydroxylation is 1. The standard InChI is InChI=1S/C14H19NO4/c1-8(2)11(14(18)19)7-15-13(17)10-4-5-12(16)9(3)6-10/h4-6,8,11,16H,7H2,1-3H3,(H,15,17)(H,18,19). The van der Waals surface area contributed by atoms with E-state index in [2.05, 4.69) is 5.32 Å². The van der Waals surface area contributed by atoms with Crippen LogP contribution in [0.15, 0.2) is 18.2 Å². The predicted octanol–water partition coefficient (Wildman–Crippen LogP) is 1.79. The van der Waals surface area contributed by atoms with Crippen molar-refractivity contribution in [1.82, 2.24) is 5.32 Å². The Hall–Kier alpha value is -2.04. The second-order valence-corrected chi connectivity index (χ2v) is 4.90. The lowest BCUT2D eigenvalue weighted by atomic mass is 9.96. The van der Waals surface area contributed by atoms with Crippen LogP contribution >= 0.6 is 0 Å². The van der Waals surface area contributed by atoms with Gasteiger partial charge in [0.1, 0.15) is 5.75 Å². The van der Waals surface area contributed by atoms with Gasteiger partial charge >= 0.3 is 5.97 Å². The highest BCUT2D eigenvalue weighted by atomic mass is 16.4. The topological polar surface area (TPSA) is 86.6 Å². The van der Waals surface area contributed by atoms with Crippen molar-refractivity contribution in [3.63, 3.8) is 0 Å². The first-order valence-electron chi connectivity index (χ1n) is 6.13. The van der Waals surface area contributed by atoms with E-state index in [-0.39, 0.29) is 24.1 Å². The molecule has 1 atom stereocenters. The van der Waals surface area contributed by atoms with Gasteiger partial charge in [0.25, 0.3) is 5.91 Å². The van der Waals surface area contributed by atoms with Gasteiger partial charge < -0.3 is 15.5 Å². The molecule has 1 rings (SSSR count). The maximum Gasteiger partial charge on any atom is 0.308 e. The minimum absolute atomic E-state index is 0.0562. The molecule has 19 heavy (non-hydrogen) atoms. The van der Waals surface area contributed by atoms with E-state index in [4.69, 9.17) is 5.11 Å². The molecule has 0 fully saturated rings. The molecule has 0 aliphatic rings. The summed E-state index contributed by atoms with van der Waals surface area (Å²) in [6.45, 7) is 5.39. The number of hydrogen-bond donors (Lipinski definition) is 3. The Balaban J connectivity index is 2.69. The SMILES string of the molecule is Cc1cc(C(=O)NCC(C(=O)O)C(C)C)ccc1O. The number of carboxylic acid groups (broad SMARTS) is 1. The number of aromatic hydroxyl groups is 1. The van der Waals surface area contributed by atoms with E-state index in [9.17, 15) is 14.7 Å². The number of nitrogens with one attached hydrogen (secondary N) is 1. The summed E-state index contributed by atoms with van der Waals surface area (Å²) in [5.74, 6) is -1.80. The highest BCUT2D eigenvalue weighted by molar-refractivity contribution is 5.94. The summed E-state index contributed by atoms with van der Waals surface area (Å²) < 4.78 is 0. The minimum atomic E-state index is -0.919. The molecule has 5 heteroatoms. The zero-order valence-electron chi connectivity index (χ0n) is 11.3. The van der Waals surface area contributed by atoms with Crippen molar-refractivity contribution >= 4 is 11.9 Å². The Morgan fingerprint density at radius 1 is 1.32 bits per heavy atom. The van der Waals surface area contributed by atoms with Crippen molar-refractivity contribution in [3.8, 4) is 5.75 Å². The molecule has 5 nitrogen and oxygen atoms in total. The van der Waals surface area contributed by atoms with Gasteiger partial charge in [-0.1, -0.05) is 13.8 Å². The van der Waals surface area contributed by atoms with Gasteiger partial charge in [0, 0.05) is 12.1 Å². The lowest BCUT2D eigenvalue weighted by molar-refractivity contribution is -0.142. The van der Waals surface area contributed by atoms with Crippen molar-refractivity contribution < 1.29 is 19.8 Å². The number of rotatable bonds is 5. The number of amides is 1. The van der Waals surface area contributed by atoms with Gasteiger partial charge in [-0.05, 0) is 36.6 Å². The quantitative estimate of drug-likeness (QED) is 0.757. The number of phenols is 1. The highest BCUT2D eigenvalue weighted by Gasteiger charge is 2.22. The Labute approximate surface area is 112 Å². The minimum Gasteiger partial charge on any atom is -0.508 e. The lowest BCUT2D eigenvalue weighted by Gasteiger charge is -2.16. The van der Waals surface area contributed by atoms with E-state index in [0.717, 1.165) is 0 Å². The fourth-order valence-corrected chi connectivity index (χ4v) is 1.71. The molecule has 0 aliphatic heterocycles. The van der Waals surface area contributed by atoms with Crippen LogP contribution in [0, 0.1) is 18.8 Å². The van der Waals surface area contributed by atoms with Crippen LogP contribution < -0.4 is 5.32 Å². The summed E-state index contributed by atoms with van der Waals surface area (Å²) >= 11 is 0. The summed E-state index contributed by atoms with van der Waals surface area (Å²) in [7, 11) is 0. The smallest absolute Gasteiger partial charge is 0.308 e. The van der Waals surface area contributed by atoms with E-state index >= 15 is 0 Å². The Kier molecular flexibility index (Phi) is 4.92. The van der Waals surface area contributed by atoms with Gasteiger partial charge in [-0.2, -0.15) is 0 Å². The first-order valence-corrected chi connectivity index (χ1v) is 6.13. The number of aliphatic carboxylic acids is 1. The monoisotopic (exact) mass is 265 g/mol. The Morgan fingerprint density at radius 2 is 1.95 bits per heavy atom. The van der Waals surface area contributed by atoms with Gasteiger partial charge in [0.15, 0.2) is 0 Å². The van der Waals surface area contributed by atoms with Gasteiger partial charge in [-0.15, -0.1) is 0 Å². The molecule has 1 aromatic carbocycles. The summed E-state index contributed by atoms with van der Waals surface area (Å²) in [6, 6.07) is 4.51. The molecule has 1 unspecified atom stereocenters. The van der Waals surface area contributed by atoms with Crippen molar-refractivity contribution in [1.29, 1.82) is 0 Å². The normalized spacial score (nSPS) is 12.2. The van der Waals surface area contributed by atoms with Crippen molar-refractivity contribution in [2.45, 2.75) is 20.8 Å². The number of carbonyl (C=O) groups excluding carboxylic acids is 1. The maximum atomic E-state index is 11.9. The van der Waals surface area contributed by atoms with Gasteiger partial charge in [0.05, 0.1) is 5.92 Å². The van der Waals surface area contributed by atoms with E-state index in [1.807, 2.05) is 0 Å². The molecule has 0 saturated heterocycles. The number of hydrogen-bond acceptors (Lipinski definition) is 3. The molecule has 0 spiro atoms. The highest BCUT2D eigenvalue weighted by Crippen LogP contribution is 2.17. The molecular formula is C14H19NO4. The number of benzene rings is 1. The fraction of sp³-hybridized carbons (Fsp3) is 0.429. The van der Waals surface area contributed by atoms with Crippen LogP contribution in [-0.2, 0) is 4.79 Å². The summed E-state index contributed by atoms with van der Waals surface area (Å²) in [6.07, 6.45) is 0. The van der Waals surface area contributed by atoms with Crippen LogP contribution in [0.5, 0.6) is 5.75 Å². The molecule has 0 heterocycles. The number of carbonyl (C=O) groups is 2. The molecule has 0 saturated carbocycles. The Morgan fingerprint density at radius 3 is 2.42 bits per heavy atom. The van der Waals surface area contributed by atoms with E-state index in [1.54, 1.807) is 26.8 Å². The molecule has 0 bridgehead atoms. The number of phenolic OH excluding ortho intramolecular Hbond substituents is 1. The van der Waals surface area contributed by atoms with Crippen LogP contribution in [0.25, 0.3) is 0 Å². The van der Waals surface area contributed by atoms with Crippen LogP contribution in [0.2, 0.25) is 0 Å². The lowest BCUT2D eigenvalue weighted by Crippen LogP contribution is -2.35. The van der Waals surface area contributed by atoms with Crippen LogP contribution in [-0.4, -0.2) is 28.6 Å². The third-order valence-electron chi connectivity index (χ3n) is 3.06. The molecule has 0 aliphatic carbocycles. The van der Waals surface area contributed by atoms with E-state index < -0.39 is 11.9 Å². The van der Waals surface area contributed by atoms with Gasteiger partial charge in [-0.25, -0.2) is 0 Å². The summed E-state index contributed by atoms with van der Waals surface area (Å²) in [4.78, 5) is 22.9. The molecule has 0 radical (unpaired) electrons. The van der Waals surface area contributed by atoms with E-state index in [1.165, 1.54) is 12.1 Å². The predicted molar refractivity (Wildman–Crippen MR) is 71.1 cm³/mol. The first-order chi connectivity index (χ1) is 8.82. The average Bonchev–Trinajstić information content (AvgIpc) is 2.31. The van der Waals surface area contributed by atoms with E-state index in [0.29, 0.717) is 11.1 Å². The zero-order chi connectivity index (χ0) is 14.6. The molecule has 3 N–H and O–H groups in total. The molecule has 1 amide bonds. The molecular weight excluding hydrogens is 246 g/mol. The van der Waals surface area contributed by atoms with Crippen LogP contribution in [0.3, 0.4) is 0 Å². The second-order valence-electron chi connectivity index (χ2n) is 4.90. The van der Waals surface area contributed by atoms with Crippen molar-refractivity contribution in [3.05, 3.63) is 29.3 Å². The summed E-state index contributed by atoms with van der Waals surface area (Å²) in [5.41, 5.74) is 1.01. The van der Waals surface area contributed by atoms with Gasteiger partial charge in [-0.3, -0.25) is 9.59 Å². The van der Waals surface area contributed by atoms with Gasteiger partial charge in [0.2, 0.25) is 0 Å². The van der Waals surface area contributed by atoms with Crippen molar-refractivity contribution in [2.75, 3.05) is 6.54 Å². The third-order valence-corrected chi connectivity index (χ3v) is 3.06. The zero-order valence-corrected chi connectivity index (χ0v) is 11.3. The second kappa shape index (κ2) is 6.22. The molecule has 1 aromatic rings. The summed E-state index contributed by atoms with van der Waals surface area (Å²) in [5, 5.41) is 21.0. The van der Waals surface area contributed by atoms with Crippen molar-refractivity contribution in [2.24, 2.45) is 11.8 Å². The fourth-order valence-electron chi connectivity index (χ4n) is 1.71. The maximum absolute atomic E-state index is 11.9. The first kappa shape index (κ1) is 15.0. The Bertz CT molecular complexity index is 482. The third kappa shape index (κ3) is 3.98. The average molecular weight is 265 g/mol. The van der Waals surface area contributed by atoms with Crippen LogP contribution in [0.1, 0.15) is 29.8 Å². The van der Waals surface area contributed by atoms with Crippen LogP contribution in [0.4, 0.5) is 0 Å².